The van der Waals surface area contributed by atoms with E-state index < -0.39 is 12.1 Å². The fourth-order valence-electron chi connectivity index (χ4n) is 4.02. The Morgan fingerprint density at radius 1 is 1.03 bits per heavy atom. The maximum absolute atomic E-state index is 12.7. The van der Waals surface area contributed by atoms with Crippen molar-refractivity contribution in [1.82, 2.24) is 0 Å². The quantitative estimate of drug-likeness (QED) is 0.237. The minimum Gasteiger partial charge on any atom is -0.479 e. The van der Waals surface area contributed by atoms with Crippen LogP contribution < -0.4 is 19.9 Å². The summed E-state index contributed by atoms with van der Waals surface area (Å²) in [6, 6.07) is 22.9. The molecular weight excluding hydrogens is 472 g/mol. The summed E-state index contributed by atoms with van der Waals surface area (Å²) in [6.07, 6.45) is 1.19. The molecule has 2 unspecified atom stereocenters. The number of carbonyl (C=O) groups is 1. The number of hydrogen-bond donors (Lipinski definition) is 1. The van der Waals surface area contributed by atoms with Crippen molar-refractivity contribution in [1.29, 1.82) is 5.26 Å². The Hall–Kier alpha value is -3.89. The molecule has 0 aliphatic carbocycles. The summed E-state index contributed by atoms with van der Waals surface area (Å²) in [7, 11) is 0. The Bertz CT molecular complexity index is 1320. The Morgan fingerprint density at radius 2 is 1.69 bits per heavy atom. The first kappa shape index (κ1) is 25.2. The third-order valence-electron chi connectivity index (χ3n) is 6.05. The summed E-state index contributed by atoms with van der Waals surface area (Å²) >= 11 is 1.64. The van der Waals surface area contributed by atoms with E-state index in [1.165, 1.54) is 5.56 Å². The summed E-state index contributed by atoms with van der Waals surface area (Å²) in [5.74, 6) is 0.862. The molecule has 1 heterocycles. The van der Waals surface area contributed by atoms with E-state index in [0.717, 1.165) is 16.0 Å². The molecule has 0 saturated carbocycles. The molecule has 0 spiro atoms. The molecular formula is C29H28N2O4S. The van der Waals surface area contributed by atoms with Gasteiger partial charge in [-0.1, -0.05) is 44.2 Å². The number of nitriles is 1. The minimum atomic E-state index is -0.815. The fourth-order valence-corrected chi connectivity index (χ4v) is 4.43. The van der Waals surface area contributed by atoms with Crippen LogP contribution in [0, 0.1) is 11.3 Å². The highest BCUT2D eigenvalue weighted by Gasteiger charge is 2.31. The van der Waals surface area contributed by atoms with E-state index in [4.69, 9.17) is 19.9 Å². The molecule has 0 amide bonds. The monoisotopic (exact) mass is 500 g/mol. The van der Waals surface area contributed by atoms with Gasteiger partial charge in [0.1, 0.15) is 28.9 Å². The second-order valence-electron chi connectivity index (χ2n) is 8.80. The van der Waals surface area contributed by atoms with E-state index in [1.54, 1.807) is 36.9 Å². The van der Waals surface area contributed by atoms with Crippen molar-refractivity contribution in [3.63, 3.8) is 0 Å². The Kier molecular flexibility index (Phi) is 7.56. The fraction of sp³-hybridized carbons (Fsp3) is 0.241. The molecule has 7 heteroatoms. The van der Waals surface area contributed by atoms with E-state index in [0.29, 0.717) is 28.7 Å². The van der Waals surface area contributed by atoms with Crippen molar-refractivity contribution in [3.8, 4) is 23.3 Å². The number of thioether (sulfide) groups is 1. The van der Waals surface area contributed by atoms with Gasteiger partial charge in [0.15, 0.2) is 6.10 Å². The van der Waals surface area contributed by atoms with Crippen LogP contribution in [0.3, 0.4) is 0 Å². The molecule has 3 aromatic carbocycles. The van der Waals surface area contributed by atoms with Crippen LogP contribution in [-0.2, 0) is 4.79 Å². The van der Waals surface area contributed by atoms with Gasteiger partial charge < -0.3 is 19.9 Å². The zero-order chi connectivity index (χ0) is 25.8. The highest BCUT2D eigenvalue weighted by atomic mass is 32.2. The van der Waals surface area contributed by atoms with Gasteiger partial charge in [0, 0.05) is 16.5 Å². The van der Waals surface area contributed by atoms with Crippen molar-refractivity contribution in [2.24, 2.45) is 5.73 Å². The third-order valence-corrected chi connectivity index (χ3v) is 6.79. The molecule has 6 nitrogen and oxygen atoms in total. The number of allylic oxidation sites excluding steroid dienone is 1. The smallest absolute Gasteiger partial charge is 0.352 e. The van der Waals surface area contributed by atoms with Crippen LogP contribution in [0.25, 0.3) is 0 Å². The standard InChI is InChI=1S/C29H28N2O4S/c1-17(2)19-5-9-21(10-6-19)33-18(3)29(32)34-22-11-14-24-26(15-22)35-28(31)25(16-30)27(24)20-7-12-23(36-4)13-8-20/h5-15,17-18,27H,31H2,1-4H3. The van der Waals surface area contributed by atoms with Gasteiger partial charge in [-0.15, -0.1) is 11.8 Å². The molecule has 0 aromatic heterocycles. The summed E-state index contributed by atoms with van der Waals surface area (Å²) in [5, 5.41) is 9.76. The summed E-state index contributed by atoms with van der Waals surface area (Å²) in [6.45, 7) is 5.87. The van der Waals surface area contributed by atoms with Crippen molar-refractivity contribution in [2.45, 2.75) is 43.6 Å². The number of fused-ring (bicyclic) bond motifs is 1. The number of nitrogens with zero attached hydrogens (tertiary/aromatic N) is 1. The molecule has 0 saturated heterocycles. The lowest BCUT2D eigenvalue weighted by atomic mass is 9.83. The summed E-state index contributed by atoms with van der Waals surface area (Å²) < 4.78 is 17.1. The van der Waals surface area contributed by atoms with Crippen molar-refractivity contribution in [3.05, 3.63) is 94.9 Å². The van der Waals surface area contributed by atoms with E-state index >= 15 is 0 Å². The van der Waals surface area contributed by atoms with Gasteiger partial charge in [-0.3, -0.25) is 0 Å². The molecule has 184 valence electrons. The number of esters is 1. The average molecular weight is 501 g/mol. The number of nitrogens with two attached hydrogens (primary N) is 1. The maximum Gasteiger partial charge on any atom is 0.352 e. The lowest BCUT2D eigenvalue weighted by Crippen LogP contribution is -2.28. The van der Waals surface area contributed by atoms with Crippen molar-refractivity contribution < 1.29 is 19.0 Å². The molecule has 3 aromatic rings. The van der Waals surface area contributed by atoms with E-state index in [9.17, 15) is 10.1 Å². The highest BCUT2D eigenvalue weighted by Crippen LogP contribution is 2.43. The zero-order valence-electron chi connectivity index (χ0n) is 20.6. The second-order valence-corrected chi connectivity index (χ2v) is 9.68. The molecule has 1 aliphatic heterocycles. The average Bonchev–Trinajstić information content (AvgIpc) is 2.88. The molecule has 2 N–H and O–H groups in total. The Labute approximate surface area is 215 Å². The van der Waals surface area contributed by atoms with Crippen LogP contribution in [0.5, 0.6) is 17.2 Å². The number of rotatable bonds is 7. The topological polar surface area (TPSA) is 94.6 Å². The van der Waals surface area contributed by atoms with E-state index in [-0.39, 0.29) is 11.8 Å². The van der Waals surface area contributed by atoms with Crippen LogP contribution in [0.1, 0.15) is 49.3 Å². The first-order valence-corrected chi connectivity index (χ1v) is 12.9. The zero-order valence-corrected chi connectivity index (χ0v) is 21.5. The van der Waals surface area contributed by atoms with Crippen LogP contribution in [0.4, 0.5) is 0 Å². The highest BCUT2D eigenvalue weighted by molar-refractivity contribution is 7.98. The SMILES string of the molecule is CSc1ccc(C2C(C#N)=C(N)Oc3cc(OC(=O)C(C)Oc4ccc(C(C)C)cc4)ccc32)cc1. The number of benzene rings is 3. The van der Waals surface area contributed by atoms with Gasteiger partial charge in [-0.2, -0.15) is 5.26 Å². The van der Waals surface area contributed by atoms with Gasteiger partial charge in [-0.25, -0.2) is 4.79 Å². The van der Waals surface area contributed by atoms with Gasteiger partial charge in [-0.05, 0) is 60.6 Å². The first-order chi connectivity index (χ1) is 17.3. The van der Waals surface area contributed by atoms with Gasteiger partial charge >= 0.3 is 5.97 Å². The summed E-state index contributed by atoms with van der Waals surface area (Å²) in [4.78, 5) is 13.8. The van der Waals surface area contributed by atoms with Gasteiger partial charge in [0.25, 0.3) is 0 Å². The van der Waals surface area contributed by atoms with Crippen LogP contribution >= 0.6 is 11.8 Å². The molecule has 36 heavy (non-hydrogen) atoms. The van der Waals surface area contributed by atoms with Gasteiger partial charge in [0.2, 0.25) is 5.88 Å². The third kappa shape index (κ3) is 5.34. The normalized spacial score (nSPS) is 15.5. The summed E-state index contributed by atoms with van der Waals surface area (Å²) in [5.41, 5.74) is 9.33. The number of ether oxygens (including phenoxy) is 3. The number of hydrogen-bond acceptors (Lipinski definition) is 7. The Morgan fingerprint density at radius 3 is 2.31 bits per heavy atom. The molecule has 0 fully saturated rings. The molecule has 4 rings (SSSR count). The van der Waals surface area contributed by atoms with E-state index in [1.807, 2.05) is 54.8 Å². The van der Waals surface area contributed by atoms with E-state index in [2.05, 4.69) is 19.9 Å². The van der Waals surface area contributed by atoms with Crippen molar-refractivity contribution in [2.75, 3.05) is 6.26 Å². The first-order valence-electron chi connectivity index (χ1n) is 11.6. The van der Waals surface area contributed by atoms with Crippen LogP contribution in [0.2, 0.25) is 0 Å². The largest absolute Gasteiger partial charge is 0.479 e. The second kappa shape index (κ2) is 10.8. The lowest BCUT2D eigenvalue weighted by Gasteiger charge is -2.27. The maximum atomic E-state index is 12.7. The molecule has 0 radical (unpaired) electrons. The predicted octanol–water partition coefficient (Wildman–Crippen LogP) is 6.12. The Balaban J connectivity index is 1.52. The van der Waals surface area contributed by atoms with Crippen LogP contribution in [-0.4, -0.2) is 18.3 Å². The number of carbonyl (C=O) groups excluding carboxylic acids is 1. The molecule has 1 aliphatic rings. The van der Waals surface area contributed by atoms with Gasteiger partial charge in [0.05, 0.1) is 5.92 Å². The molecule has 2 atom stereocenters. The minimum absolute atomic E-state index is 0.0361. The molecule has 0 bridgehead atoms. The van der Waals surface area contributed by atoms with Crippen LogP contribution in [0.15, 0.2) is 83.1 Å². The van der Waals surface area contributed by atoms with Crippen molar-refractivity contribution >= 4 is 17.7 Å². The predicted molar refractivity (Wildman–Crippen MR) is 140 cm³/mol. The lowest BCUT2D eigenvalue weighted by molar-refractivity contribution is -0.141.